The van der Waals surface area contributed by atoms with Crippen LogP contribution in [0.5, 0.6) is 0 Å². The Morgan fingerprint density at radius 1 is 1.53 bits per heavy atom. The number of ketones is 1. The van der Waals surface area contributed by atoms with E-state index in [1.807, 2.05) is 20.9 Å². The summed E-state index contributed by atoms with van der Waals surface area (Å²) in [4.78, 5) is 16.8. The highest BCUT2D eigenvalue weighted by molar-refractivity contribution is 9.10. The van der Waals surface area contributed by atoms with Crippen LogP contribution in [-0.4, -0.2) is 20.5 Å². The Balaban J connectivity index is 2.24. The van der Waals surface area contributed by atoms with Gasteiger partial charge in [-0.25, -0.2) is 4.98 Å². The smallest absolute Gasteiger partial charge is 0.180 e. The van der Waals surface area contributed by atoms with Gasteiger partial charge >= 0.3 is 0 Å². The van der Waals surface area contributed by atoms with Gasteiger partial charge in [-0.3, -0.25) is 9.48 Å². The summed E-state index contributed by atoms with van der Waals surface area (Å²) in [6.45, 7) is 3.81. The van der Waals surface area contributed by atoms with Gasteiger partial charge in [-0.1, -0.05) is 0 Å². The molecule has 90 valence electrons. The number of Topliss-reactive ketones (excluding diaryl/α,β-unsaturated/α-hetero) is 1. The molecule has 0 aromatic carbocycles. The normalized spacial score (nSPS) is 10.8. The molecule has 0 radical (unpaired) electrons. The quantitative estimate of drug-likeness (QED) is 0.818. The predicted octanol–water partition coefficient (Wildman–Crippen LogP) is 2.68. The Morgan fingerprint density at radius 3 is 2.71 bits per heavy atom. The molecule has 0 saturated carbocycles. The third-order valence-corrected chi connectivity index (χ3v) is 4.47. The van der Waals surface area contributed by atoms with Crippen LogP contribution in [0.3, 0.4) is 0 Å². The number of aryl methyl sites for hydroxylation is 3. The Morgan fingerprint density at radius 2 is 2.24 bits per heavy atom. The van der Waals surface area contributed by atoms with Gasteiger partial charge in [-0.2, -0.15) is 5.10 Å². The lowest BCUT2D eigenvalue weighted by Crippen LogP contribution is -2.07. The molecule has 2 aromatic rings. The molecule has 0 aliphatic carbocycles. The summed E-state index contributed by atoms with van der Waals surface area (Å²) >= 11 is 4.89. The SMILES string of the molecule is Cc1ncc(C(=O)Cc2c(Br)c(C)nn2C)s1. The first kappa shape index (κ1) is 12.4. The van der Waals surface area contributed by atoms with Crippen molar-refractivity contribution in [1.29, 1.82) is 0 Å². The molecule has 0 bridgehead atoms. The van der Waals surface area contributed by atoms with Gasteiger partial charge in [0, 0.05) is 13.2 Å². The van der Waals surface area contributed by atoms with Crippen LogP contribution in [0.1, 0.15) is 26.1 Å². The molecule has 0 amide bonds. The van der Waals surface area contributed by atoms with Gasteiger partial charge in [-0.15, -0.1) is 11.3 Å². The Kier molecular flexibility index (Phi) is 3.44. The molecule has 6 heteroatoms. The Bertz CT molecular complexity index is 573. The summed E-state index contributed by atoms with van der Waals surface area (Å²) in [5, 5.41) is 5.18. The fourth-order valence-electron chi connectivity index (χ4n) is 1.60. The molecule has 2 aromatic heterocycles. The zero-order valence-corrected chi connectivity index (χ0v) is 12.2. The summed E-state index contributed by atoms with van der Waals surface area (Å²) < 4.78 is 2.65. The number of hydrogen-bond donors (Lipinski definition) is 0. The Hall–Kier alpha value is -1.01. The predicted molar refractivity (Wildman–Crippen MR) is 70.5 cm³/mol. The highest BCUT2D eigenvalue weighted by Gasteiger charge is 2.16. The maximum Gasteiger partial charge on any atom is 0.180 e. The van der Waals surface area contributed by atoms with E-state index in [0.717, 1.165) is 20.9 Å². The lowest BCUT2D eigenvalue weighted by Gasteiger charge is -2.00. The second-order valence-corrected chi connectivity index (χ2v) is 5.84. The van der Waals surface area contributed by atoms with Crippen molar-refractivity contribution in [3.8, 4) is 0 Å². The molecule has 0 N–H and O–H groups in total. The molecular formula is C11H12BrN3OS. The number of aromatic nitrogens is 3. The molecule has 0 atom stereocenters. The van der Waals surface area contributed by atoms with Crippen LogP contribution in [0, 0.1) is 13.8 Å². The van der Waals surface area contributed by atoms with Crippen LogP contribution in [-0.2, 0) is 13.5 Å². The summed E-state index contributed by atoms with van der Waals surface area (Å²) in [6, 6.07) is 0. The average Bonchev–Trinajstić information content (AvgIpc) is 2.79. The minimum absolute atomic E-state index is 0.0827. The number of nitrogens with zero attached hydrogens (tertiary/aromatic N) is 3. The molecule has 17 heavy (non-hydrogen) atoms. The van der Waals surface area contributed by atoms with Gasteiger partial charge in [-0.05, 0) is 29.8 Å². The van der Waals surface area contributed by atoms with Crippen molar-refractivity contribution in [2.45, 2.75) is 20.3 Å². The minimum Gasteiger partial charge on any atom is -0.293 e. The van der Waals surface area contributed by atoms with Crippen molar-refractivity contribution >= 4 is 33.0 Å². The van der Waals surface area contributed by atoms with Crippen LogP contribution in [0.25, 0.3) is 0 Å². The van der Waals surface area contributed by atoms with Gasteiger partial charge in [0.25, 0.3) is 0 Å². The standard InChI is InChI=1S/C11H12BrN3OS/c1-6-11(12)8(15(3)14-6)4-9(16)10-5-13-7(2)17-10/h5H,4H2,1-3H3. The number of hydrogen-bond acceptors (Lipinski definition) is 4. The van der Waals surface area contributed by atoms with Crippen molar-refractivity contribution in [1.82, 2.24) is 14.8 Å². The molecule has 2 rings (SSSR count). The van der Waals surface area contributed by atoms with E-state index in [4.69, 9.17) is 0 Å². The van der Waals surface area contributed by atoms with Crippen molar-refractivity contribution < 1.29 is 4.79 Å². The summed E-state index contributed by atoms with van der Waals surface area (Å²) in [6.07, 6.45) is 1.99. The number of thiazole rings is 1. The van der Waals surface area contributed by atoms with E-state index in [1.165, 1.54) is 11.3 Å². The summed E-state index contributed by atoms with van der Waals surface area (Å²) in [5.41, 5.74) is 1.80. The van der Waals surface area contributed by atoms with Crippen molar-refractivity contribution in [3.63, 3.8) is 0 Å². The molecule has 0 aliphatic rings. The largest absolute Gasteiger partial charge is 0.293 e. The zero-order valence-electron chi connectivity index (χ0n) is 9.82. The van der Waals surface area contributed by atoms with Gasteiger partial charge in [0.05, 0.1) is 32.2 Å². The van der Waals surface area contributed by atoms with Crippen LogP contribution < -0.4 is 0 Å². The van der Waals surface area contributed by atoms with E-state index >= 15 is 0 Å². The number of carbonyl (C=O) groups is 1. The lowest BCUT2D eigenvalue weighted by molar-refractivity contribution is 0.0994. The van der Waals surface area contributed by atoms with E-state index in [0.29, 0.717) is 11.3 Å². The third kappa shape index (κ3) is 2.47. The van der Waals surface area contributed by atoms with E-state index < -0.39 is 0 Å². The highest BCUT2D eigenvalue weighted by Crippen LogP contribution is 2.22. The molecule has 0 fully saturated rings. The van der Waals surface area contributed by atoms with E-state index in [-0.39, 0.29) is 5.78 Å². The first-order chi connectivity index (χ1) is 7.99. The van der Waals surface area contributed by atoms with Gasteiger partial charge in [0.1, 0.15) is 0 Å². The van der Waals surface area contributed by atoms with Crippen LogP contribution >= 0.6 is 27.3 Å². The van der Waals surface area contributed by atoms with Gasteiger partial charge in [0.2, 0.25) is 0 Å². The van der Waals surface area contributed by atoms with Crippen LogP contribution in [0.15, 0.2) is 10.7 Å². The molecular weight excluding hydrogens is 302 g/mol. The fraction of sp³-hybridized carbons (Fsp3) is 0.364. The first-order valence-corrected chi connectivity index (χ1v) is 6.73. The highest BCUT2D eigenvalue weighted by atomic mass is 79.9. The molecule has 2 heterocycles. The molecule has 0 aliphatic heterocycles. The zero-order chi connectivity index (χ0) is 12.6. The van der Waals surface area contributed by atoms with Crippen LogP contribution in [0.4, 0.5) is 0 Å². The fourth-order valence-corrected chi connectivity index (χ4v) is 2.79. The Labute approximate surface area is 112 Å². The molecule has 4 nitrogen and oxygen atoms in total. The molecule has 0 unspecified atom stereocenters. The van der Waals surface area contributed by atoms with E-state index in [1.54, 1.807) is 10.9 Å². The monoisotopic (exact) mass is 313 g/mol. The van der Waals surface area contributed by atoms with E-state index in [9.17, 15) is 4.79 Å². The van der Waals surface area contributed by atoms with Gasteiger partial charge < -0.3 is 0 Å². The molecule has 0 spiro atoms. The summed E-state index contributed by atoms with van der Waals surface area (Å²) in [5.74, 6) is 0.0827. The lowest BCUT2D eigenvalue weighted by atomic mass is 10.2. The van der Waals surface area contributed by atoms with Crippen molar-refractivity contribution in [3.05, 3.63) is 31.9 Å². The summed E-state index contributed by atoms with van der Waals surface area (Å²) in [7, 11) is 1.85. The minimum atomic E-state index is 0.0827. The van der Waals surface area contributed by atoms with Crippen molar-refractivity contribution in [2.75, 3.05) is 0 Å². The number of carbonyl (C=O) groups excluding carboxylic acids is 1. The second kappa shape index (κ2) is 4.70. The topological polar surface area (TPSA) is 47.8 Å². The maximum atomic E-state index is 12.0. The van der Waals surface area contributed by atoms with Crippen molar-refractivity contribution in [2.24, 2.45) is 7.05 Å². The maximum absolute atomic E-state index is 12.0. The van der Waals surface area contributed by atoms with Crippen LogP contribution in [0.2, 0.25) is 0 Å². The average molecular weight is 314 g/mol. The first-order valence-electron chi connectivity index (χ1n) is 5.12. The second-order valence-electron chi connectivity index (χ2n) is 3.81. The number of rotatable bonds is 3. The third-order valence-electron chi connectivity index (χ3n) is 2.49. The van der Waals surface area contributed by atoms with Gasteiger partial charge in [0.15, 0.2) is 5.78 Å². The van der Waals surface area contributed by atoms with E-state index in [2.05, 4.69) is 26.0 Å². The molecule has 0 saturated heterocycles. The number of halogens is 1.